The van der Waals surface area contributed by atoms with Gasteiger partial charge in [0.2, 0.25) is 0 Å². The predicted molar refractivity (Wildman–Crippen MR) is 93.8 cm³/mol. The van der Waals surface area contributed by atoms with Gasteiger partial charge in [-0.2, -0.15) is 23.7 Å². The maximum atomic E-state index is 14.2. The Morgan fingerprint density at radius 2 is 2.17 bits per heavy atom. The monoisotopic (exact) mass is 401 g/mol. The van der Waals surface area contributed by atoms with Crippen LogP contribution in [0.2, 0.25) is 0 Å². The molecule has 1 amide bonds. The average Bonchev–Trinajstić information content (AvgIpc) is 3.44. The lowest BCUT2D eigenvalue weighted by atomic mass is 9.99. The first-order chi connectivity index (χ1) is 14.0. The minimum atomic E-state index is -2.95. The molecule has 0 radical (unpaired) electrons. The van der Waals surface area contributed by atoms with Crippen molar-refractivity contribution in [2.75, 3.05) is 6.54 Å². The Morgan fingerprint density at radius 3 is 2.97 bits per heavy atom. The third-order valence-electron chi connectivity index (χ3n) is 5.01. The quantitative estimate of drug-likeness (QED) is 0.572. The van der Waals surface area contributed by atoms with Crippen LogP contribution >= 0.6 is 0 Å². The van der Waals surface area contributed by atoms with Gasteiger partial charge in [0.15, 0.2) is 0 Å². The van der Waals surface area contributed by atoms with Crippen molar-refractivity contribution in [1.82, 2.24) is 34.3 Å². The van der Waals surface area contributed by atoms with E-state index in [1.54, 1.807) is 6.20 Å². The molecule has 1 aliphatic heterocycles. The van der Waals surface area contributed by atoms with Crippen molar-refractivity contribution >= 4 is 11.4 Å². The Hall–Kier alpha value is -3.63. The summed E-state index contributed by atoms with van der Waals surface area (Å²) in [6.07, 6.45) is 4.72. The number of H-pyrrole nitrogens is 1. The number of amides is 1. The number of fused-ring (bicyclic) bond motifs is 2. The zero-order valence-corrected chi connectivity index (χ0v) is 14.8. The highest BCUT2D eigenvalue weighted by Crippen LogP contribution is 2.34. The topological polar surface area (TPSA) is 84.1 Å². The summed E-state index contributed by atoms with van der Waals surface area (Å²) in [4.78, 5) is 21.9. The number of hydrogen-bond donors (Lipinski definition) is 1. The van der Waals surface area contributed by atoms with Gasteiger partial charge < -0.3 is 9.88 Å². The molecule has 0 unspecified atom stereocenters. The number of alkyl halides is 2. The smallest absolute Gasteiger partial charge is 0.333 e. The Kier molecular flexibility index (Phi) is 3.89. The van der Waals surface area contributed by atoms with Crippen LogP contribution in [-0.4, -0.2) is 46.7 Å². The number of rotatable bonds is 3. The molecule has 1 aliphatic rings. The molecule has 0 aromatic carbocycles. The number of aromatic amines is 1. The number of halogens is 3. The molecule has 148 valence electrons. The van der Waals surface area contributed by atoms with E-state index in [1.807, 2.05) is 0 Å². The van der Waals surface area contributed by atoms with Gasteiger partial charge in [0, 0.05) is 31.1 Å². The molecular weight excluding hydrogens is 387 g/mol. The first-order valence-electron chi connectivity index (χ1n) is 8.83. The second kappa shape index (κ2) is 6.47. The van der Waals surface area contributed by atoms with Crippen molar-refractivity contribution in [2.24, 2.45) is 0 Å². The van der Waals surface area contributed by atoms with Gasteiger partial charge in [0.1, 0.15) is 23.1 Å². The fourth-order valence-corrected chi connectivity index (χ4v) is 3.71. The summed E-state index contributed by atoms with van der Waals surface area (Å²) < 4.78 is 42.4. The minimum absolute atomic E-state index is 0.237. The number of pyridine rings is 1. The van der Waals surface area contributed by atoms with Crippen molar-refractivity contribution < 1.29 is 18.0 Å². The van der Waals surface area contributed by atoms with Crippen molar-refractivity contribution in [1.29, 1.82) is 0 Å². The highest BCUT2D eigenvalue weighted by atomic mass is 19.3. The van der Waals surface area contributed by atoms with E-state index in [2.05, 4.69) is 20.2 Å². The molecule has 0 bridgehead atoms. The summed E-state index contributed by atoms with van der Waals surface area (Å²) in [5.74, 6) is -1.09. The molecular formula is C18H14F3N7O. The normalized spacial score (nSPS) is 16.6. The van der Waals surface area contributed by atoms with Crippen LogP contribution in [0, 0.1) is 5.82 Å². The van der Waals surface area contributed by atoms with E-state index >= 15 is 0 Å². The van der Waals surface area contributed by atoms with Crippen LogP contribution in [-0.2, 0) is 6.42 Å². The molecule has 0 fully saturated rings. The molecule has 1 atom stereocenters. The maximum Gasteiger partial charge on any atom is 0.333 e. The summed E-state index contributed by atoms with van der Waals surface area (Å²) in [6, 6.07) is 4.86. The van der Waals surface area contributed by atoms with Crippen molar-refractivity contribution in [3.63, 3.8) is 0 Å². The first-order valence-corrected chi connectivity index (χ1v) is 8.83. The molecule has 5 heterocycles. The summed E-state index contributed by atoms with van der Waals surface area (Å²) >= 11 is 0. The third kappa shape index (κ3) is 2.69. The lowest BCUT2D eigenvalue weighted by Gasteiger charge is -2.33. The van der Waals surface area contributed by atoms with Crippen LogP contribution in [0.5, 0.6) is 0 Å². The fraction of sp³-hybridized carbons (Fsp3) is 0.222. The number of hydrogen-bond acceptors (Lipinski definition) is 4. The van der Waals surface area contributed by atoms with Gasteiger partial charge >= 0.3 is 6.55 Å². The van der Waals surface area contributed by atoms with E-state index in [0.29, 0.717) is 22.5 Å². The SMILES string of the molecule is O=C(c1ccnn1C(F)F)N1CCc2[nH]cnc2[C@@H]1c1cc2c(F)cccn2n1. The molecule has 0 saturated heterocycles. The largest absolute Gasteiger partial charge is 0.348 e. The van der Waals surface area contributed by atoms with Gasteiger partial charge in [-0.3, -0.25) is 4.79 Å². The third-order valence-corrected chi connectivity index (χ3v) is 5.01. The molecule has 0 saturated carbocycles. The van der Waals surface area contributed by atoms with Gasteiger partial charge in [-0.1, -0.05) is 0 Å². The Balaban J connectivity index is 1.63. The number of carbonyl (C=O) groups excluding carboxylic acids is 1. The predicted octanol–water partition coefficient (Wildman–Crippen LogP) is 2.58. The number of nitrogens with one attached hydrogen (secondary N) is 1. The zero-order valence-electron chi connectivity index (χ0n) is 14.8. The molecule has 8 nitrogen and oxygen atoms in total. The highest BCUT2D eigenvalue weighted by molar-refractivity contribution is 5.93. The van der Waals surface area contributed by atoms with Gasteiger partial charge in [-0.25, -0.2) is 13.9 Å². The van der Waals surface area contributed by atoms with Crippen LogP contribution in [0.15, 0.2) is 43.0 Å². The summed E-state index contributed by atoms with van der Waals surface area (Å²) in [5.41, 5.74) is 1.77. The lowest BCUT2D eigenvalue weighted by Crippen LogP contribution is -2.41. The van der Waals surface area contributed by atoms with Crippen LogP contribution in [0.1, 0.15) is 40.2 Å². The van der Waals surface area contributed by atoms with Gasteiger partial charge in [0.25, 0.3) is 5.91 Å². The minimum Gasteiger partial charge on any atom is -0.348 e. The van der Waals surface area contributed by atoms with E-state index in [4.69, 9.17) is 0 Å². The second-order valence-electron chi connectivity index (χ2n) is 6.61. The Labute approximate surface area is 161 Å². The van der Waals surface area contributed by atoms with Crippen LogP contribution in [0.25, 0.3) is 5.52 Å². The molecule has 0 aliphatic carbocycles. The van der Waals surface area contributed by atoms with Gasteiger partial charge in [0.05, 0.1) is 17.7 Å². The number of nitrogens with zero attached hydrogens (tertiary/aromatic N) is 6. The maximum absolute atomic E-state index is 14.2. The molecule has 29 heavy (non-hydrogen) atoms. The molecule has 4 aromatic rings. The van der Waals surface area contributed by atoms with E-state index in [9.17, 15) is 18.0 Å². The molecule has 0 spiro atoms. The fourth-order valence-electron chi connectivity index (χ4n) is 3.71. The number of carbonyl (C=O) groups is 1. The Morgan fingerprint density at radius 1 is 1.31 bits per heavy atom. The van der Waals surface area contributed by atoms with Crippen molar-refractivity contribution in [3.05, 3.63) is 71.6 Å². The molecule has 5 rings (SSSR count). The van der Waals surface area contributed by atoms with Gasteiger partial charge in [-0.05, 0) is 24.3 Å². The second-order valence-corrected chi connectivity index (χ2v) is 6.61. The Bertz CT molecular complexity index is 1210. The number of imidazole rings is 1. The van der Waals surface area contributed by atoms with E-state index in [0.717, 1.165) is 11.9 Å². The summed E-state index contributed by atoms with van der Waals surface area (Å²) in [5, 5.41) is 7.94. The van der Waals surface area contributed by atoms with Crippen molar-refractivity contribution in [2.45, 2.75) is 19.0 Å². The average molecular weight is 401 g/mol. The standard InChI is InChI=1S/C18H14F3N7O/c19-10-2-1-6-27-14(10)8-12(25-27)16-15-11(22-9-23-15)4-7-26(16)17(29)13-3-5-24-28(13)18(20)21/h1-3,5-6,8-9,16,18H,4,7H2,(H,22,23)/t16-/m0/s1. The molecule has 4 aromatic heterocycles. The summed E-state index contributed by atoms with van der Waals surface area (Å²) in [7, 11) is 0. The lowest BCUT2D eigenvalue weighted by molar-refractivity contribution is 0.0441. The van der Waals surface area contributed by atoms with Crippen LogP contribution < -0.4 is 0 Å². The van der Waals surface area contributed by atoms with Crippen LogP contribution in [0.4, 0.5) is 13.2 Å². The van der Waals surface area contributed by atoms with E-state index < -0.39 is 24.3 Å². The number of aromatic nitrogens is 6. The van der Waals surface area contributed by atoms with Crippen LogP contribution in [0.3, 0.4) is 0 Å². The summed E-state index contributed by atoms with van der Waals surface area (Å²) in [6.45, 7) is -2.69. The van der Waals surface area contributed by atoms with Crippen molar-refractivity contribution in [3.8, 4) is 0 Å². The highest BCUT2D eigenvalue weighted by Gasteiger charge is 2.37. The zero-order chi connectivity index (χ0) is 20.1. The van der Waals surface area contributed by atoms with Gasteiger partial charge in [-0.15, -0.1) is 0 Å². The molecule has 1 N–H and O–H groups in total. The first kappa shape index (κ1) is 17.5. The van der Waals surface area contributed by atoms with E-state index in [1.165, 1.54) is 40.0 Å². The molecule has 11 heteroatoms. The van der Waals surface area contributed by atoms with E-state index in [-0.39, 0.29) is 17.8 Å².